The topological polar surface area (TPSA) is 94.0 Å². The fourth-order valence-electron chi connectivity index (χ4n) is 1.97. The second-order valence-corrected chi connectivity index (χ2v) is 5.94. The molecule has 0 atom stereocenters. The molecule has 0 spiro atoms. The van der Waals surface area contributed by atoms with Crippen molar-refractivity contribution in [2.75, 3.05) is 16.0 Å². The molecule has 132 valence electrons. The van der Waals surface area contributed by atoms with Crippen molar-refractivity contribution in [2.45, 2.75) is 6.92 Å². The number of para-hydroxylation sites is 1. The zero-order chi connectivity index (χ0) is 19.1. The minimum absolute atomic E-state index is 0.160. The summed E-state index contributed by atoms with van der Waals surface area (Å²) in [5.74, 6) is -0.795. The third kappa shape index (κ3) is 5.24. The average molecular weight is 389 g/mol. The van der Waals surface area contributed by atoms with Gasteiger partial charge in [-0.15, -0.1) is 0 Å². The lowest BCUT2D eigenvalue weighted by Crippen LogP contribution is -2.14. The predicted molar refractivity (Wildman–Crippen MR) is 103 cm³/mol. The van der Waals surface area contributed by atoms with Crippen molar-refractivity contribution in [2.24, 2.45) is 0 Å². The molecule has 2 aromatic carbocycles. The normalized spacial score (nSPS) is 10.6. The molecule has 0 aliphatic rings. The molecule has 0 aromatic heterocycles. The number of nitriles is 1. The van der Waals surface area contributed by atoms with Gasteiger partial charge in [-0.1, -0.05) is 29.3 Å². The molecule has 0 unspecified atom stereocenters. The third-order valence-electron chi connectivity index (χ3n) is 3.15. The number of amides is 2. The van der Waals surface area contributed by atoms with Gasteiger partial charge < -0.3 is 16.0 Å². The van der Waals surface area contributed by atoms with Crippen molar-refractivity contribution >= 4 is 52.1 Å². The molecule has 2 rings (SSSR count). The minimum Gasteiger partial charge on any atom is -0.358 e. The van der Waals surface area contributed by atoms with Crippen molar-refractivity contribution < 1.29 is 9.59 Å². The average Bonchev–Trinajstić information content (AvgIpc) is 2.59. The molecule has 0 radical (unpaired) electrons. The van der Waals surface area contributed by atoms with Gasteiger partial charge >= 0.3 is 0 Å². The van der Waals surface area contributed by atoms with Crippen molar-refractivity contribution in [3.05, 3.63) is 64.3 Å². The van der Waals surface area contributed by atoms with Gasteiger partial charge in [-0.3, -0.25) is 9.59 Å². The van der Waals surface area contributed by atoms with E-state index in [-0.39, 0.29) is 11.5 Å². The Hall–Kier alpha value is -3.01. The summed E-state index contributed by atoms with van der Waals surface area (Å²) >= 11 is 12.1. The standard InChI is InChI=1S/C18H14Cl2N4O2/c1-11(25)23-13-5-7-14(8-6-13)24-18(26)12(9-21)10-22-17-15(19)3-2-4-16(17)20/h2-8,10,22H,1H3,(H,23,25)(H,24,26)/b12-10-. The first-order valence-electron chi connectivity index (χ1n) is 7.40. The fraction of sp³-hybridized carbons (Fsp3) is 0.0556. The highest BCUT2D eigenvalue weighted by Gasteiger charge is 2.11. The van der Waals surface area contributed by atoms with E-state index >= 15 is 0 Å². The van der Waals surface area contributed by atoms with Crippen molar-refractivity contribution in [1.82, 2.24) is 0 Å². The molecule has 26 heavy (non-hydrogen) atoms. The van der Waals surface area contributed by atoms with Gasteiger partial charge in [-0.2, -0.15) is 5.26 Å². The number of anilines is 3. The van der Waals surface area contributed by atoms with E-state index < -0.39 is 5.91 Å². The summed E-state index contributed by atoms with van der Waals surface area (Å²) in [6, 6.07) is 13.2. The van der Waals surface area contributed by atoms with Gasteiger partial charge in [0, 0.05) is 24.5 Å². The van der Waals surface area contributed by atoms with Crippen LogP contribution in [0, 0.1) is 11.3 Å². The summed E-state index contributed by atoms with van der Waals surface area (Å²) in [7, 11) is 0. The summed E-state index contributed by atoms with van der Waals surface area (Å²) in [5.41, 5.74) is 1.31. The van der Waals surface area contributed by atoms with Crippen molar-refractivity contribution in [3.8, 4) is 6.07 Å². The molecule has 2 aromatic rings. The van der Waals surface area contributed by atoms with Gasteiger partial charge in [-0.05, 0) is 36.4 Å². The molecule has 0 bridgehead atoms. The van der Waals surface area contributed by atoms with E-state index in [0.717, 1.165) is 0 Å². The smallest absolute Gasteiger partial charge is 0.267 e. The third-order valence-corrected chi connectivity index (χ3v) is 3.78. The van der Waals surface area contributed by atoms with Crippen LogP contribution in [0.1, 0.15) is 6.92 Å². The number of nitrogens with zero attached hydrogens (tertiary/aromatic N) is 1. The molecule has 0 fully saturated rings. The molecule has 0 heterocycles. The van der Waals surface area contributed by atoms with Gasteiger partial charge in [0.05, 0.1) is 15.7 Å². The van der Waals surface area contributed by atoms with Gasteiger partial charge in [-0.25, -0.2) is 0 Å². The van der Waals surface area contributed by atoms with Crippen LogP contribution < -0.4 is 16.0 Å². The number of hydrogen-bond donors (Lipinski definition) is 3. The van der Waals surface area contributed by atoms with E-state index in [0.29, 0.717) is 27.1 Å². The van der Waals surface area contributed by atoms with Crippen LogP contribution in [0.5, 0.6) is 0 Å². The maximum atomic E-state index is 12.2. The highest BCUT2D eigenvalue weighted by Crippen LogP contribution is 2.29. The number of nitrogens with one attached hydrogen (secondary N) is 3. The largest absolute Gasteiger partial charge is 0.358 e. The van der Waals surface area contributed by atoms with E-state index in [4.69, 9.17) is 23.2 Å². The van der Waals surface area contributed by atoms with E-state index in [2.05, 4.69) is 16.0 Å². The Morgan fingerprint density at radius 1 is 1.00 bits per heavy atom. The highest BCUT2D eigenvalue weighted by molar-refractivity contribution is 6.39. The van der Waals surface area contributed by atoms with E-state index in [1.807, 2.05) is 6.07 Å². The van der Waals surface area contributed by atoms with Crippen LogP contribution in [0.25, 0.3) is 0 Å². The SMILES string of the molecule is CC(=O)Nc1ccc(NC(=O)/C(C#N)=C\Nc2c(Cl)cccc2Cl)cc1. The molecule has 0 aliphatic heterocycles. The Morgan fingerprint density at radius 2 is 1.54 bits per heavy atom. The van der Waals surface area contributed by atoms with Crippen LogP contribution in [-0.4, -0.2) is 11.8 Å². The Morgan fingerprint density at radius 3 is 2.04 bits per heavy atom. The molecule has 3 N–H and O–H groups in total. The summed E-state index contributed by atoms with van der Waals surface area (Å²) in [6.07, 6.45) is 1.23. The minimum atomic E-state index is -0.601. The molecule has 2 amide bonds. The summed E-state index contributed by atoms with van der Waals surface area (Å²) < 4.78 is 0. The van der Waals surface area contributed by atoms with Crippen LogP contribution >= 0.6 is 23.2 Å². The Kier molecular flexibility index (Phi) is 6.61. The van der Waals surface area contributed by atoms with E-state index in [1.165, 1.54) is 13.1 Å². The van der Waals surface area contributed by atoms with Crippen LogP contribution in [0.15, 0.2) is 54.2 Å². The van der Waals surface area contributed by atoms with Crippen molar-refractivity contribution in [3.63, 3.8) is 0 Å². The monoisotopic (exact) mass is 388 g/mol. The number of hydrogen-bond acceptors (Lipinski definition) is 4. The first-order chi connectivity index (χ1) is 12.4. The first-order valence-corrected chi connectivity index (χ1v) is 8.16. The Labute approximate surface area is 160 Å². The lowest BCUT2D eigenvalue weighted by molar-refractivity contribution is -0.114. The fourth-order valence-corrected chi connectivity index (χ4v) is 2.47. The van der Waals surface area contributed by atoms with Gasteiger partial charge in [0.1, 0.15) is 11.6 Å². The number of benzene rings is 2. The molecular formula is C18H14Cl2N4O2. The molecular weight excluding hydrogens is 375 g/mol. The number of rotatable bonds is 5. The van der Waals surface area contributed by atoms with Crippen molar-refractivity contribution in [1.29, 1.82) is 5.26 Å². The van der Waals surface area contributed by atoms with E-state index in [1.54, 1.807) is 42.5 Å². The first kappa shape index (κ1) is 19.3. The van der Waals surface area contributed by atoms with E-state index in [9.17, 15) is 14.9 Å². The van der Waals surface area contributed by atoms with Crippen LogP contribution in [-0.2, 0) is 9.59 Å². The van der Waals surface area contributed by atoms with Gasteiger partial charge in [0.15, 0.2) is 0 Å². The molecule has 8 heteroatoms. The lowest BCUT2D eigenvalue weighted by Gasteiger charge is -2.08. The lowest BCUT2D eigenvalue weighted by atomic mass is 10.2. The summed E-state index contributed by atoms with van der Waals surface area (Å²) in [5, 5.41) is 17.9. The quantitative estimate of drug-likeness (QED) is 0.522. The van der Waals surface area contributed by atoms with Crippen LogP contribution in [0.4, 0.5) is 17.1 Å². The maximum absolute atomic E-state index is 12.2. The predicted octanol–water partition coefficient (Wildman–Crippen LogP) is 4.41. The van der Waals surface area contributed by atoms with Crippen LogP contribution in [0.3, 0.4) is 0 Å². The molecule has 0 saturated heterocycles. The molecule has 0 aliphatic carbocycles. The Bertz CT molecular complexity index is 882. The van der Waals surface area contributed by atoms with Crippen LogP contribution in [0.2, 0.25) is 10.0 Å². The number of carbonyl (C=O) groups excluding carboxylic acids is 2. The van der Waals surface area contributed by atoms with Gasteiger partial charge in [0.2, 0.25) is 5.91 Å². The molecule has 6 nitrogen and oxygen atoms in total. The maximum Gasteiger partial charge on any atom is 0.267 e. The molecule has 0 saturated carbocycles. The second-order valence-electron chi connectivity index (χ2n) is 5.12. The highest BCUT2D eigenvalue weighted by atomic mass is 35.5. The summed E-state index contributed by atoms with van der Waals surface area (Å²) in [4.78, 5) is 23.2. The number of halogens is 2. The number of carbonyl (C=O) groups is 2. The van der Waals surface area contributed by atoms with Gasteiger partial charge in [0.25, 0.3) is 5.91 Å². The Balaban J connectivity index is 2.09. The summed E-state index contributed by atoms with van der Waals surface area (Å²) in [6.45, 7) is 1.40. The zero-order valence-corrected chi connectivity index (χ0v) is 15.2. The zero-order valence-electron chi connectivity index (χ0n) is 13.6. The second kappa shape index (κ2) is 8.90.